The summed E-state index contributed by atoms with van der Waals surface area (Å²) in [5.74, 6) is 4.84. The molecule has 256 valence electrons. The second-order valence-electron chi connectivity index (χ2n) is 16.6. The molecular formula is C41H44O6S2. The molecular weight excluding hydrogens is 653 g/mol. The number of hydrogen-bond acceptors (Lipinski definition) is 5. The zero-order valence-corrected chi connectivity index (χ0v) is 29.4. The third kappa shape index (κ3) is 4.86. The van der Waals surface area contributed by atoms with Crippen LogP contribution in [0.15, 0.2) is 70.5 Å². The Balaban J connectivity index is 1.20. The number of benzene rings is 4. The molecule has 6 aliphatic rings. The summed E-state index contributed by atoms with van der Waals surface area (Å²) in [6.07, 6.45) is 14.4. The quantitative estimate of drug-likeness (QED) is 0.117. The van der Waals surface area contributed by atoms with Gasteiger partial charge in [-0.05, 0) is 128 Å². The van der Waals surface area contributed by atoms with Crippen molar-refractivity contribution in [2.45, 2.75) is 105 Å². The van der Waals surface area contributed by atoms with Crippen LogP contribution in [-0.4, -0.2) is 21.4 Å². The molecule has 6 saturated carbocycles. The zero-order chi connectivity index (χ0) is 33.2. The first-order valence-electron chi connectivity index (χ1n) is 18.7. The lowest BCUT2D eigenvalue weighted by Gasteiger charge is -2.32. The van der Waals surface area contributed by atoms with Gasteiger partial charge in [-0.15, -0.1) is 0 Å². The Labute approximate surface area is 289 Å². The third-order valence-corrected chi connectivity index (χ3v) is 16.5. The van der Waals surface area contributed by atoms with E-state index >= 15 is 8.42 Å². The van der Waals surface area contributed by atoms with Gasteiger partial charge in [0.1, 0.15) is 9.79 Å². The first-order valence-corrected chi connectivity index (χ1v) is 21.5. The van der Waals surface area contributed by atoms with Gasteiger partial charge in [-0.3, -0.25) is 4.55 Å². The lowest BCUT2D eigenvalue weighted by atomic mass is 9.75. The van der Waals surface area contributed by atoms with Gasteiger partial charge >= 0.3 is 10.1 Å². The molecule has 8 heteroatoms. The molecule has 6 fully saturated rings. The number of rotatable bonds is 7. The van der Waals surface area contributed by atoms with Crippen LogP contribution in [0, 0.1) is 35.5 Å². The lowest BCUT2D eigenvalue weighted by molar-refractivity contribution is 0.392. The van der Waals surface area contributed by atoms with Crippen LogP contribution in [-0.2, 0) is 20.2 Å². The predicted molar refractivity (Wildman–Crippen MR) is 190 cm³/mol. The Hall–Kier alpha value is -2.94. The maximum atomic E-state index is 15.3. The molecule has 1 N–H and O–H groups in total. The fraction of sp³-hybridized carbons (Fsp3) is 0.512. The maximum Gasteiger partial charge on any atom is 0.339 e. The maximum absolute atomic E-state index is 15.3. The molecule has 0 aromatic heterocycles. The van der Waals surface area contributed by atoms with Crippen molar-refractivity contribution in [3.05, 3.63) is 77.4 Å². The standard InChI is InChI=1S/C41H44O6S2/c42-48(43,44)40-32-7-3-1-5-30(32)39(31-6-2-4-8-33(31)40)47-49(45,46)41-37(35-19-24-10-13-27(35)16-24)21-29(34-18-23-9-12-26(34)15-23)22-38(41)36-20-25-11-14-28(36)17-25/h1-8,21-28,34-36H,9-20H2,(H,42,43,44). The SMILES string of the molecule is O=S(=O)(O)c1c2ccccc2c(OS(=O)(=O)c2c(C3CC4CCC3C4)cc(C3CC4CCC3C4)cc2C2CC3CCC2C3)c2ccccc12. The summed E-state index contributed by atoms with van der Waals surface area (Å²) in [6.45, 7) is 0. The molecule has 49 heavy (non-hydrogen) atoms. The van der Waals surface area contributed by atoms with Gasteiger partial charge in [0.25, 0.3) is 10.1 Å². The van der Waals surface area contributed by atoms with E-state index < -0.39 is 20.2 Å². The number of fused-ring (bicyclic) bond motifs is 8. The summed E-state index contributed by atoms with van der Waals surface area (Å²) in [5.41, 5.74) is 3.36. The van der Waals surface area contributed by atoms with Gasteiger partial charge in [0.15, 0.2) is 5.75 Å². The van der Waals surface area contributed by atoms with Crippen LogP contribution < -0.4 is 4.18 Å². The van der Waals surface area contributed by atoms with Crippen LogP contribution in [0.4, 0.5) is 0 Å². The Morgan fingerprint density at radius 2 is 0.959 bits per heavy atom. The summed E-state index contributed by atoms with van der Waals surface area (Å²) < 4.78 is 73.0. The van der Waals surface area contributed by atoms with Crippen molar-refractivity contribution in [3.63, 3.8) is 0 Å². The minimum Gasteiger partial charge on any atom is -0.378 e. The first kappa shape index (κ1) is 30.8. The molecule has 0 aliphatic heterocycles. The molecule has 6 bridgehead atoms. The topological polar surface area (TPSA) is 97.7 Å². The Morgan fingerprint density at radius 1 is 0.531 bits per heavy atom. The Bertz CT molecular complexity index is 2140. The van der Waals surface area contributed by atoms with E-state index in [1.54, 1.807) is 48.5 Å². The van der Waals surface area contributed by atoms with Gasteiger partial charge in [-0.2, -0.15) is 16.8 Å². The van der Waals surface area contributed by atoms with E-state index in [2.05, 4.69) is 12.1 Å². The average Bonchev–Trinajstić information content (AvgIpc) is 3.96. The molecule has 0 spiro atoms. The van der Waals surface area contributed by atoms with E-state index in [1.807, 2.05) is 0 Å². The van der Waals surface area contributed by atoms with Crippen molar-refractivity contribution < 1.29 is 25.6 Å². The molecule has 9 unspecified atom stereocenters. The highest BCUT2D eigenvalue weighted by atomic mass is 32.2. The molecule has 6 aliphatic carbocycles. The molecule has 0 heterocycles. The second kappa shape index (κ2) is 11.0. The van der Waals surface area contributed by atoms with Gasteiger partial charge in [-0.25, -0.2) is 0 Å². The fourth-order valence-corrected chi connectivity index (χ4v) is 14.6. The van der Waals surface area contributed by atoms with Crippen LogP contribution in [0.25, 0.3) is 21.5 Å². The normalized spacial score (nSPS) is 33.4. The molecule has 4 aromatic rings. The summed E-state index contributed by atoms with van der Waals surface area (Å²) in [7, 11) is -9.01. The van der Waals surface area contributed by atoms with E-state index in [4.69, 9.17) is 4.18 Å². The molecule has 0 saturated heterocycles. The van der Waals surface area contributed by atoms with E-state index in [-0.39, 0.29) is 33.3 Å². The van der Waals surface area contributed by atoms with Crippen LogP contribution in [0.5, 0.6) is 5.75 Å². The predicted octanol–water partition coefficient (Wildman–Crippen LogP) is 9.72. The molecule has 6 nitrogen and oxygen atoms in total. The summed E-state index contributed by atoms with van der Waals surface area (Å²) >= 11 is 0. The van der Waals surface area contributed by atoms with E-state index in [0.717, 1.165) is 42.7 Å². The fourth-order valence-electron chi connectivity index (χ4n) is 12.2. The average molecular weight is 697 g/mol. The van der Waals surface area contributed by atoms with Crippen molar-refractivity contribution in [2.75, 3.05) is 0 Å². The van der Waals surface area contributed by atoms with Crippen molar-refractivity contribution in [1.82, 2.24) is 0 Å². The summed E-state index contributed by atoms with van der Waals surface area (Å²) in [5, 5.41) is 1.17. The highest BCUT2D eigenvalue weighted by Crippen LogP contribution is 2.60. The minimum atomic E-state index is -4.64. The smallest absolute Gasteiger partial charge is 0.339 e. The lowest BCUT2D eigenvalue weighted by Crippen LogP contribution is -2.23. The van der Waals surface area contributed by atoms with E-state index in [1.165, 1.54) is 56.9 Å². The largest absolute Gasteiger partial charge is 0.378 e. The van der Waals surface area contributed by atoms with Crippen LogP contribution in [0.3, 0.4) is 0 Å². The highest BCUT2D eigenvalue weighted by Gasteiger charge is 2.48. The second-order valence-corrected chi connectivity index (χ2v) is 19.5. The van der Waals surface area contributed by atoms with Gasteiger partial charge in [0.2, 0.25) is 0 Å². The van der Waals surface area contributed by atoms with Crippen molar-refractivity contribution >= 4 is 41.8 Å². The van der Waals surface area contributed by atoms with E-state index in [0.29, 0.717) is 51.2 Å². The molecule has 0 amide bonds. The van der Waals surface area contributed by atoms with Gasteiger partial charge in [0, 0.05) is 21.5 Å². The van der Waals surface area contributed by atoms with Gasteiger partial charge < -0.3 is 4.18 Å². The van der Waals surface area contributed by atoms with Crippen molar-refractivity contribution in [3.8, 4) is 5.75 Å². The molecule has 0 radical (unpaired) electrons. The summed E-state index contributed by atoms with van der Waals surface area (Å²) in [4.78, 5) is 0.172. The van der Waals surface area contributed by atoms with Gasteiger partial charge in [-0.1, -0.05) is 79.9 Å². The monoisotopic (exact) mass is 696 g/mol. The van der Waals surface area contributed by atoms with Crippen molar-refractivity contribution in [1.29, 1.82) is 0 Å². The third-order valence-electron chi connectivity index (χ3n) is 14.1. The number of hydrogen-bond donors (Lipinski definition) is 1. The molecule has 4 aromatic carbocycles. The Kier molecular flexibility index (Phi) is 6.94. The van der Waals surface area contributed by atoms with Crippen LogP contribution in [0.2, 0.25) is 0 Å². The zero-order valence-electron chi connectivity index (χ0n) is 27.8. The van der Waals surface area contributed by atoms with Crippen LogP contribution in [0.1, 0.15) is 111 Å². The first-order chi connectivity index (χ1) is 23.6. The van der Waals surface area contributed by atoms with E-state index in [9.17, 15) is 13.0 Å². The minimum absolute atomic E-state index is 0.119. The Morgan fingerprint density at radius 3 is 1.35 bits per heavy atom. The summed E-state index contributed by atoms with van der Waals surface area (Å²) in [6, 6.07) is 18.1. The molecule has 9 atom stereocenters. The van der Waals surface area contributed by atoms with Crippen molar-refractivity contribution in [2.24, 2.45) is 35.5 Å². The molecule has 10 rings (SSSR count). The van der Waals surface area contributed by atoms with Crippen LogP contribution >= 0.6 is 0 Å². The van der Waals surface area contributed by atoms with Gasteiger partial charge in [0.05, 0.1) is 0 Å². The highest BCUT2D eigenvalue weighted by molar-refractivity contribution is 7.87.